The number of likely N-dealkylation sites (tertiary alicyclic amines) is 1. The molecule has 0 radical (unpaired) electrons. The first kappa shape index (κ1) is 29.8. The monoisotopic (exact) mass is 594 g/mol. The van der Waals surface area contributed by atoms with Gasteiger partial charge in [0.05, 0.1) is 37.1 Å². The molecule has 0 unspecified atom stereocenters. The molecule has 1 aliphatic carbocycles. The molecule has 42 heavy (non-hydrogen) atoms. The quantitative estimate of drug-likeness (QED) is 0.420. The summed E-state index contributed by atoms with van der Waals surface area (Å²) in [5.41, 5.74) is -1.15. The smallest absolute Gasteiger partial charge is 0.416 e. The molecule has 2 saturated heterocycles. The second-order valence-corrected chi connectivity index (χ2v) is 11.2. The van der Waals surface area contributed by atoms with Crippen molar-refractivity contribution in [2.24, 2.45) is 5.16 Å². The Kier molecular flexibility index (Phi) is 8.44. The lowest BCUT2D eigenvalue weighted by Crippen LogP contribution is -2.53. The number of alkyl halides is 3. The summed E-state index contributed by atoms with van der Waals surface area (Å²) in [5, 5.41) is 9.40. The molecule has 3 heterocycles. The van der Waals surface area contributed by atoms with Gasteiger partial charge in [-0.05, 0) is 37.0 Å². The maximum atomic E-state index is 13.6. The van der Waals surface area contributed by atoms with Gasteiger partial charge in [0.15, 0.2) is 5.60 Å². The van der Waals surface area contributed by atoms with E-state index in [9.17, 15) is 32.3 Å². The molecule has 1 aromatic rings. The lowest BCUT2D eigenvalue weighted by atomic mass is 9.91. The van der Waals surface area contributed by atoms with Gasteiger partial charge in [0, 0.05) is 25.3 Å². The lowest BCUT2D eigenvalue weighted by molar-refractivity contribution is -0.140. The number of nitrogens with one attached hydrogen (secondary N) is 2. The van der Waals surface area contributed by atoms with Crippen LogP contribution in [0, 0.1) is 0 Å². The zero-order valence-corrected chi connectivity index (χ0v) is 23.1. The summed E-state index contributed by atoms with van der Waals surface area (Å²) in [5.74, 6) is -2.17. The molecule has 0 aromatic heterocycles. The van der Waals surface area contributed by atoms with Crippen LogP contribution >= 0.6 is 0 Å². The number of Topliss-reactive ketones (excluding diaryl/α,β-unsaturated/α-hetero) is 1. The summed E-state index contributed by atoms with van der Waals surface area (Å²) < 4.78 is 49.9. The van der Waals surface area contributed by atoms with Gasteiger partial charge in [-0.1, -0.05) is 30.6 Å². The summed E-state index contributed by atoms with van der Waals surface area (Å²) in [6.45, 7) is 2.39. The zero-order chi connectivity index (χ0) is 30.1. The minimum absolute atomic E-state index is 0.00988. The molecule has 1 spiro atoms. The van der Waals surface area contributed by atoms with Gasteiger partial charge >= 0.3 is 12.3 Å². The van der Waals surface area contributed by atoms with Gasteiger partial charge in [0.2, 0.25) is 11.7 Å². The van der Waals surface area contributed by atoms with Crippen LogP contribution < -0.4 is 10.6 Å². The number of hydrogen-bond acceptors (Lipinski definition) is 8. The minimum Gasteiger partial charge on any atom is -0.444 e. The standard InChI is InChI=1S/C28H33F3N4O7/c1-2-3-20(23(36)25(38)32-18-8-9-18)33-24(37)22-13-27(15-35(22)26(39)41-19-10-11-40-14-19)12-21(34-42-27)16-4-6-17(7-5-16)28(29,30)31/h4-7,18-20,22H,2-3,8-15H2,1H3,(H,32,38)(H,33,37)/t19-,20-,22-,27+/m0/s1. The van der Waals surface area contributed by atoms with Crippen LogP contribution in [0.3, 0.4) is 0 Å². The van der Waals surface area contributed by atoms with Crippen LogP contribution in [0.1, 0.15) is 63.0 Å². The van der Waals surface area contributed by atoms with E-state index in [1.807, 2.05) is 6.92 Å². The van der Waals surface area contributed by atoms with Crippen LogP contribution in [0.15, 0.2) is 29.4 Å². The SMILES string of the molecule is CCC[C@H](NC(=O)[C@@H]1C[C@]2(CC(c3ccc(C(F)(F)F)cc3)=NO2)CN1C(=O)O[C@H]1CCOC1)C(=O)C(=O)NC1CC1. The third-order valence-corrected chi connectivity index (χ3v) is 7.82. The molecule has 3 aliphatic heterocycles. The van der Waals surface area contributed by atoms with E-state index in [1.54, 1.807) is 0 Å². The molecule has 228 valence electrons. The topological polar surface area (TPSA) is 136 Å². The predicted octanol–water partition coefficient (Wildman–Crippen LogP) is 2.70. The number of carbonyl (C=O) groups excluding carboxylic acids is 4. The first-order valence-corrected chi connectivity index (χ1v) is 14.1. The highest BCUT2D eigenvalue weighted by Crippen LogP contribution is 2.40. The molecule has 3 amide bonds. The lowest BCUT2D eigenvalue weighted by Gasteiger charge is -2.26. The van der Waals surface area contributed by atoms with E-state index in [4.69, 9.17) is 14.3 Å². The van der Waals surface area contributed by atoms with Crippen LogP contribution in [0.25, 0.3) is 0 Å². The number of nitrogens with zero attached hydrogens (tertiary/aromatic N) is 2. The number of ether oxygens (including phenoxy) is 2. The molecule has 5 rings (SSSR count). The van der Waals surface area contributed by atoms with Crippen molar-refractivity contribution in [3.05, 3.63) is 35.4 Å². The Balaban J connectivity index is 1.31. The molecule has 1 saturated carbocycles. The first-order chi connectivity index (χ1) is 20.0. The Hall–Kier alpha value is -3.68. The van der Waals surface area contributed by atoms with Gasteiger partial charge < -0.3 is 24.9 Å². The molecule has 1 aromatic carbocycles. The summed E-state index contributed by atoms with van der Waals surface area (Å²) in [4.78, 5) is 59.1. The fraction of sp³-hybridized carbons (Fsp3) is 0.607. The van der Waals surface area contributed by atoms with Crippen molar-refractivity contribution in [2.75, 3.05) is 19.8 Å². The largest absolute Gasteiger partial charge is 0.444 e. The maximum Gasteiger partial charge on any atom is 0.416 e. The Morgan fingerprint density at radius 1 is 1.17 bits per heavy atom. The Morgan fingerprint density at radius 3 is 2.52 bits per heavy atom. The van der Waals surface area contributed by atoms with E-state index in [-0.39, 0.29) is 38.5 Å². The van der Waals surface area contributed by atoms with Gasteiger partial charge in [-0.2, -0.15) is 13.2 Å². The van der Waals surface area contributed by atoms with Crippen molar-refractivity contribution < 1.29 is 46.7 Å². The average molecular weight is 595 g/mol. The van der Waals surface area contributed by atoms with E-state index < -0.39 is 59.2 Å². The van der Waals surface area contributed by atoms with Crippen molar-refractivity contribution in [3.63, 3.8) is 0 Å². The Morgan fingerprint density at radius 2 is 1.90 bits per heavy atom. The normalized spacial score (nSPS) is 26.0. The molecular weight excluding hydrogens is 561 g/mol. The van der Waals surface area contributed by atoms with E-state index in [2.05, 4.69) is 15.8 Å². The van der Waals surface area contributed by atoms with Gasteiger partial charge in [0.25, 0.3) is 5.91 Å². The number of oxime groups is 1. The van der Waals surface area contributed by atoms with Gasteiger partial charge in [-0.15, -0.1) is 0 Å². The number of hydrogen-bond donors (Lipinski definition) is 2. The number of benzene rings is 1. The highest BCUT2D eigenvalue weighted by molar-refractivity contribution is 6.38. The number of amides is 3. The summed E-state index contributed by atoms with van der Waals surface area (Å²) in [6, 6.07) is 2.27. The third kappa shape index (κ3) is 6.69. The van der Waals surface area contributed by atoms with E-state index in [1.165, 1.54) is 17.0 Å². The van der Waals surface area contributed by atoms with Crippen LogP contribution in [0.4, 0.5) is 18.0 Å². The number of rotatable bonds is 9. The van der Waals surface area contributed by atoms with Crippen molar-refractivity contribution in [3.8, 4) is 0 Å². The fourth-order valence-corrected chi connectivity index (χ4v) is 5.38. The second kappa shape index (κ2) is 11.9. The summed E-state index contributed by atoms with van der Waals surface area (Å²) in [7, 11) is 0. The number of halogens is 3. The highest BCUT2D eigenvalue weighted by atomic mass is 19.4. The van der Waals surface area contributed by atoms with E-state index >= 15 is 0 Å². The molecule has 4 aliphatic rings. The van der Waals surface area contributed by atoms with Crippen LogP contribution in [0.2, 0.25) is 0 Å². The molecule has 3 fully saturated rings. The third-order valence-electron chi connectivity index (χ3n) is 7.82. The summed E-state index contributed by atoms with van der Waals surface area (Å²) >= 11 is 0. The van der Waals surface area contributed by atoms with Gasteiger partial charge in [-0.25, -0.2) is 4.79 Å². The minimum atomic E-state index is -4.49. The highest BCUT2D eigenvalue weighted by Gasteiger charge is 2.55. The van der Waals surface area contributed by atoms with Gasteiger partial charge in [0.1, 0.15) is 12.1 Å². The molecule has 14 heteroatoms. The van der Waals surface area contributed by atoms with Crippen molar-refractivity contribution in [1.29, 1.82) is 0 Å². The van der Waals surface area contributed by atoms with E-state index in [0.717, 1.165) is 25.0 Å². The molecule has 11 nitrogen and oxygen atoms in total. The molecular formula is C28H33F3N4O7. The van der Waals surface area contributed by atoms with Crippen molar-refractivity contribution in [1.82, 2.24) is 15.5 Å². The Labute approximate surface area is 240 Å². The number of ketones is 1. The first-order valence-electron chi connectivity index (χ1n) is 14.1. The number of carbonyl (C=O) groups is 4. The van der Waals surface area contributed by atoms with Crippen LogP contribution in [0.5, 0.6) is 0 Å². The van der Waals surface area contributed by atoms with E-state index in [0.29, 0.717) is 30.7 Å². The average Bonchev–Trinajstić information content (AvgIpc) is 3.32. The fourth-order valence-electron chi connectivity index (χ4n) is 5.38. The summed E-state index contributed by atoms with van der Waals surface area (Å²) in [6.07, 6.45) is -2.78. The molecule has 0 bridgehead atoms. The van der Waals surface area contributed by atoms with Gasteiger partial charge in [-0.3, -0.25) is 19.3 Å². The second-order valence-electron chi connectivity index (χ2n) is 11.2. The maximum absolute atomic E-state index is 13.6. The Bertz CT molecular complexity index is 1240. The zero-order valence-electron chi connectivity index (χ0n) is 23.1. The van der Waals surface area contributed by atoms with Crippen molar-refractivity contribution >= 4 is 29.4 Å². The van der Waals surface area contributed by atoms with Crippen molar-refractivity contribution in [2.45, 2.75) is 87.9 Å². The van der Waals surface area contributed by atoms with Crippen LogP contribution in [-0.2, 0) is 34.9 Å². The van der Waals surface area contributed by atoms with Crippen LogP contribution in [-0.4, -0.2) is 83.9 Å². The molecule has 4 atom stereocenters. The molecule has 2 N–H and O–H groups in total. The predicted molar refractivity (Wildman–Crippen MR) is 140 cm³/mol.